The van der Waals surface area contributed by atoms with E-state index in [1.165, 1.54) is 0 Å². The fraction of sp³-hybridized carbons (Fsp3) is 0.667. The number of pyridine rings is 1. The van der Waals surface area contributed by atoms with Gasteiger partial charge < -0.3 is 15.3 Å². The molecular formula is C15H25N3O. The summed E-state index contributed by atoms with van der Waals surface area (Å²) in [5, 5.41) is 12.8. The molecular weight excluding hydrogens is 238 g/mol. The molecule has 0 radical (unpaired) electrons. The van der Waals surface area contributed by atoms with Crippen LogP contribution in [0.4, 0.5) is 5.69 Å². The van der Waals surface area contributed by atoms with Gasteiger partial charge in [0, 0.05) is 12.6 Å². The van der Waals surface area contributed by atoms with E-state index in [2.05, 4.69) is 41.2 Å². The summed E-state index contributed by atoms with van der Waals surface area (Å²) >= 11 is 0. The SMILES string of the molecule is CCC(NC)c1ccc(N2CCC(C)C2CO)cn1. The minimum atomic E-state index is 0.219. The third kappa shape index (κ3) is 2.90. The van der Waals surface area contributed by atoms with Gasteiger partial charge in [-0.25, -0.2) is 0 Å². The molecule has 1 aromatic heterocycles. The molecule has 1 aromatic rings. The molecule has 0 saturated carbocycles. The van der Waals surface area contributed by atoms with E-state index < -0.39 is 0 Å². The molecule has 1 saturated heterocycles. The fourth-order valence-electron chi connectivity index (χ4n) is 2.94. The second-order valence-corrected chi connectivity index (χ2v) is 5.40. The minimum absolute atomic E-state index is 0.219. The lowest BCUT2D eigenvalue weighted by atomic mass is 10.0. The van der Waals surface area contributed by atoms with Crippen LogP contribution in [-0.2, 0) is 0 Å². The normalized spacial score (nSPS) is 24.7. The zero-order valence-corrected chi connectivity index (χ0v) is 12.1. The van der Waals surface area contributed by atoms with E-state index in [4.69, 9.17) is 0 Å². The van der Waals surface area contributed by atoms with Crippen molar-refractivity contribution in [2.24, 2.45) is 5.92 Å². The van der Waals surface area contributed by atoms with Crippen molar-refractivity contribution in [3.8, 4) is 0 Å². The van der Waals surface area contributed by atoms with Gasteiger partial charge in [-0.2, -0.15) is 0 Å². The third-order valence-corrected chi connectivity index (χ3v) is 4.29. The number of hydrogen-bond acceptors (Lipinski definition) is 4. The van der Waals surface area contributed by atoms with Crippen molar-refractivity contribution in [3.63, 3.8) is 0 Å². The van der Waals surface area contributed by atoms with Crippen LogP contribution in [0.5, 0.6) is 0 Å². The Labute approximate surface area is 115 Å². The molecule has 3 atom stereocenters. The van der Waals surface area contributed by atoms with Crippen molar-refractivity contribution in [2.75, 3.05) is 25.1 Å². The molecule has 0 aromatic carbocycles. The van der Waals surface area contributed by atoms with Gasteiger partial charge in [0.25, 0.3) is 0 Å². The van der Waals surface area contributed by atoms with Gasteiger partial charge in [0.1, 0.15) is 0 Å². The molecule has 1 fully saturated rings. The van der Waals surface area contributed by atoms with Crippen molar-refractivity contribution in [3.05, 3.63) is 24.0 Å². The number of aliphatic hydroxyl groups excluding tert-OH is 1. The molecule has 2 heterocycles. The molecule has 3 unspecified atom stereocenters. The van der Waals surface area contributed by atoms with Gasteiger partial charge in [0.05, 0.1) is 30.2 Å². The van der Waals surface area contributed by atoms with Gasteiger partial charge in [-0.05, 0) is 37.9 Å². The Hall–Kier alpha value is -1.13. The molecule has 0 amide bonds. The number of nitrogens with one attached hydrogen (secondary N) is 1. The van der Waals surface area contributed by atoms with E-state index in [-0.39, 0.29) is 12.6 Å². The van der Waals surface area contributed by atoms with Crippen LogP contribution in [0.15, 0.2) is 18.3 Å². The predicted molar refractivity (Wildman–Crippen MR) is 78.3 cm³/mol. The van der Waals surface area contributed by atoms with Gasteiger partial charge >= 0.3 is 0 Å². The number of aromatic nitrogens is 1. The third-order valence-electron chi connectivity index (χ3n) is 4.29. The van der Waals surface area contributed by atoms with Crippen LogP contribution >= 0.6 is 0 Å². The molecule has 106 valence electrons. The zero-order chi connectivity index (χ0) is 13.8. The van der Waals surface area contributed by atoms with Gasteiger partial charge in [-0.1, -0.05) is 13.8 Å². The summed E-state index contributed by atoms with van der Waals surface area (Å²) in [6.45, 7) is 5.59. The van der Waals surface area contributed by atoms with Gasteiger partial charge in [-0.3, -0.25) is 4.98 Å². The summed E-state index contributed by atoms with van der Waals surface area (Å²) < 4.78 is 0. The lowest BCUT2D eigenvalue weighted by molar-refractivity contribution is 0.244. The fourth-order valence-corrected chi connectivity index (χ4v) is 2.94. The minimum Gasteiger partial charge on any atom is -0.394 e. The Balaban J connectivity index is 2.14. The number of hydrogen-bond donors (Lipinski definition) is 2. The highest BCUT2D eigenvalue weighted by molar-refractivity contribution is 5.47. The number of rotatable bonds is 5. The molecule has 2 rings (SSSR count). The number of nitrogens with zero attached hydrogens (tertiary/aromatic N) is 2. The first-order valence-corrected chi connectivity index (χ1v) is 7.22. The quantitative estimate of drug-likeness (QED) is 0.852. The Bertz CT molecular complexity index is 389. The molecule has 0 spiro atoms. The van der Waals surface area contributed by atoms with Crippen LogP contribution in [0.1, 0.15) is 38.4 Å². The lowest BCUT2D eigenvalue weighted by Gasteiger charge is -2.27. The van der Waals surface area contributed by atoms with E-state index in [1.54, 1.807) is 0 Å². The average molecular weight is 263 g/mol. The van der Waals surface area contributed by atoms with Crippen LogP contribution in [0.3, 0.4) is 0 Å². The highest BCUT2D eigenvalue weighted by Crippen LogP contribution is 2.29. The summed E-state index contributed by atoms with van der Waals surface area (Å²) in [5.41, 5.74) is 2.21. The van der Waals surface area contributed by atoms with Crippen LogP contribution in [0, 0.1) is 5.92 Å². The first-order chi connectivity index (χ1) is 9.21. The predicted octanol–water partition coefficient (Wildman–Crippen LogP) is 1.96. The summed E-state index contributed by atoms with van der Waals surface area (Å²) in [6.07, 6.45) is 4.11. The number of anilines is 1. The number of aliphatic hydroxyl groups is 1. The molecule has 1 aliphatic heterocycles. The van der Waals surface area contributed by atoms with Crippen LogP contribution in [0.25, 0.3) is 0 Å². The van der Waals surface area contributed by atoms with E-state index in [0.717, 1.165) is 30.8 Å². The molecule has 4 nitrogen and oxygen atoms in total. The van der Waals surface area contributed by atoms with Crippen LogP contribution < -0.4 is 10.2 Å². The van der Waals surface area contributed by atoms with Crippen molar-refractivity contribution >= 4 is 5.69 Å². The molecule has 19 heavy (non-hydrogen) atoms. The Morgan fingerprint density at radius 3 is 2.84 bits per heavy atom. The lowest BCUT2D eigenvalue weighted by Crippen LogP contribution is -2.35. The summed E-state index contributed by atoms with van der Waals surface area (Å²) in [5.74, 6) is 0.547. The highest BCUT2D eigenvalue weighted by atomic mass is 16.3. The van der Waals surface area contributed by atoms with E-state index in [0.29, 0.717) is 12.0 Å². The summed E-state index contributed by atoms with van der Waals surface area (Å²) in [6, 6.07) is 4.78. The van der Waals surface area contributed by atoms with E-state index in [1.807, 2.05) is 13.2 Å². The Morgan fingerprint density at radius 2 is 2.32 bits per heavy atom. The first-order valence-electron chi connectivity index (χ1n) is 7.22. The average Bonchev–Trinajstić information content (AvgIpc) is 2.82. The van der Waals surface area contributed by atoms with Crippen LogP contribution in [0.2, 0.25) is 0 Å². The van der Waals surface area contributed by atoms with Gasteiger partial charge in [0.2, 0.25) is 0 Å². The van der Waals surface area contributed by atoms with Gasteiger partial charge in [-0.15, -0.1) is 0 Å². The Morgan fingerprint density at radius 1 is 1.53 bits per heavy atom. The largest absolute Gasteiger partial charge is 0.394 e. The van der Waals surface area contributed by atoms with E-state index in [9.17, 15) is 5.11 Å². The summed E-state index contributed by atoms with van der Waals surface area (Å²) in [7, 11) is 1.97. The molecule has 0 aliphatic carbocycles. The monoisotopic (exact) mass is 263 g/mol. The maximum atomic E-state index is 9.52. The first kappa shape index (κ1) is 14.3. The van der Waals surface area contributed by atoms with Gasteiger partial charge in [0.15, 0.2) is 0 Å². The zero-order valence-electron chi connectivity index (χ0n) is 12.1. The standard InChI is InChI=1S/C15H25N3O/c1-4-13(16-3)14-6-5-12(9-17-14)18-8-7-11(2)15(18)10-19/h5-6,9,11,13,15-16,19H,4,7-8,10H2,1-3H3. The van der Waals surface area contributed by atoms with E-state index >= 15 is 0 Å². The smallest absolute Gasteiger partial charge is 0.0637 e. The summed E-state index contributed by atoms with van der Waals surface area (Å²) in [4.78, 5) is 6.85. The second-order valence-electron chi connectivity index (χ2n) is 5.40. The highest BCUT2D eigenvalue weighted by Gasteiger charge is 2.30. The van der Waals surface area contributed by atoms with Crippen molar-refractivity contribution in [2.45, 2.75) is 38.8 Å². The topological polar surface area (TPSA) is 48.4 Å². The maximum absolute atomic E-state index is 9.52. The molecule has 4 heteroatoms. The van der Waals surface area contributed by atoms with Crippen LogP contribution in [-0.4, -0.2) is 36.3 Å². The molecule has 2 N–H and O–H groups in total. The Kier molecular flexibility index (Phi) is 4.77. The van der Waals surface area contributed by atoms with Crippen molar-refractivity contribution in [1.82, 2.24) is 10.3 Å². The van der Waals surface area contributed by atoms with Crippen molar-refractivity contribution < 1.29 is 5.11 Å². The molecule has 1 aliphatic rings. The maximum Gasteiger partial charge on any atom is 0.0637 e. The van der Waals surface area contributed by atoms with Crippen molar-refractivity contribution in [1.29, 1.82) is 0 Å². The second kappa shape index (κ2) is 6.35. The molecule has 0 bridgehead atoms.